The highest BCUT2D eigenvalue weighted by atomic mass is 32.2. The molecule has 0 aliphatic carbocycles. The van der Waals surface area contributed by atoms with Crippen LogP contribution in [0.2, 0.25) is 0 Å². The summed E-state index contributed by atoms with van der Waals surface area (Å²) in [6, 6.07) is 15.5. The fourth-order valence-electron chi connectivity index (χ4n) is 3.40. The number of morpholine rings is 1. The highest BCUT2D eigenvalue weighted by Crippen LogP contribution is 2.26. The van der Waals surface area contributed by atoms with Crippen molar-refractivity contribution in [3.8, 4) is 10.6 Å². The first-order valence-corrected chi connectivity index (χ1v) is 12.7. The van der Waals surface area contributed by atoms with Crippen LogP contribution in [0.15, 0.2) is 58.8 Å². The minimum atomic E-state index is -3.47. The number of sulfonamides is 1. The maximum Gasteiger partial charge on any atom is 0.243 e. The van der Waals surface area contributed by atoms with E-state index in [1.54, 1.807) is 35.6 Å². The smallest absolute Gasteiger partial charge is 0.243 e. The van der Waals surface area contributed by atoms with Gasteiger partial charge in [0.05, 0.1) is 30.3 Å². The molecule has 31 heavy (non-hydrogen) atoms. The van der Waals surface area contributed by atoms with Crippen LogP contribution in [0, 0.1) is 0 Å². The zero-order valence-corrected chi connectivity index (χ0v) is 19.4. The number of benzene rings is 2. The molecule has 1 aliphatic heterocycles. The topological polar surface area (TPSA) is 71.5 Å². The van der Waals surface area contributed by atoms with E-state index in [1.165, 1.54) is 9.87 Å². The van der Waals surface area contributed by atoms with Crippen LogP contribution < -0.4 is 5.32 Å². The van der Waals surface area contributed by atoms with Gasteiger partial charge in [-0.15, -0.1) is 11.3 Å². The van der Waals surface area contributed by atoms with Gasteiger partial charge in [-0.25, -0.2) is 13.4 Å². The fourth-order valence-corrected chi connectivity index (χ4v) is 5.64. The van der Waals surface area contributed by atoms with Gasteiger partial charge in [-0.05, 0) is 35.7 Å². The summed E-state index contributed by atoms with van der Waals surface area (Å²) in [5.74, 6) is 0.514. The van der Waals surface area contributed by atoms with Crippen molar-refractivity contribution >= 4 is 27.0 Å². The lowest BCUT2D eigenvalue weighted by Gasteiger charge is -2.26. The van der Waals surface area contributed by atoms with Crippen molar-refractivity contribution in [2.45, 2.75) is 31.2 Å². The van der Waals surface area contributed by atoms with Crippen LogP contribution in [0.5, 0.6) is 0 Å². The van der Waals surface area contributed by atoms with E-state index in [0.29, 0.717) is 43.7 Å². The third kappa shape index (κ3) is 5.15. The van der Waals surface area contributed by atoms with Crippen LogP contribution in [0.1, 0.15) is 31.0 Å². The molecule has 164 valence electrons. The average Bonchev–Trinajstić information content (AvgIpc) is 3.28. The van der Waals surface area contributed by atoms with Gasteiger partial charge in [-0.2, -0.15) is 4.31 Å². The first-order chi connectivity index (χ1) is 14.9. The number of nitrogens with zero attached hydrogens (tertiary/aromatic N) is 2. The molecule has 0 bridgehead atoms. The molecule has 3 aromatic rings. The van der Waals surface area contributed by atoms with Gasteiger partial charge in [-0.3, -0.25) is 0 Å². The molecule has 2 aromatic carbocycles. The van der Waals surface area contributed by atoms with Gasteiger partial charge < -0.3 is 10.1 Å². The summed E-state index contributed by atoms with van der Waals surface area (Å²) in [5.41, 5.74) is 4.26. The van der Waals surface area contributed by atoms with E-state index in [4.69, 9.17) is 9.72 Å². The molecule has 0 unspecified atom stereocenters. The van der Waals surface area contributed by atoms with Crippen molar-refractivity contribution in [2.24, 2.45) is 0 Å². The molecule has 4 rings (SSSR count). The number of thiazole rings is 1. The Hall–Kier alpha value is -2.26. The Morgan fingerprint density at radius 2 is 1.74 bits per heavy atom. The largest absolute Gasteiger partial charge is 0.379 e. The Bertz CT molecular complexity index is 1100. The lowest BCUT2D eigenvalue weighted by Crippen LogP contribution is -2.40. The minimum Gasteiger partial charge on any atom is -0.379 e. The van der Waals surface area contributed by atoms with E-state index < -0.39 is 10.0 Å². The molecule has 0 atom stereocenters. The van der Waals surface area contributed by atoms with E-state index in [9.17, 15) is 8.42 Å². The number of nitrogens with one attached hydrogen (secondary N) is 1. The lowest BCUT2D eigenvalue weighted by atomic mass is 10.0. The van der Waals surface area contributed by atoms with E-state index in [-0.39, 0.29) is 0 Å². The zero-order valence-electron chi connectivity index (χ0n) is 17.7. The lowest BCUT2D eigenvalue weighted by molar-refractivity contribution is 0.0730. The molecule has 1 aliphatic rings. The van der Waals surface area contributed by atoms with Crippen LogP contribution in [-0.2, 0) is 21.3 Å². The maximum atomic E-state index is 12.7. The van der Waals surface area contributed by atoms with E-state index >= 15 is 0 Å². The van der Waals surface area contributed by atoms with Gasteiger partial charge in [0.2, 0.25) is 10.0 Å². The summed E-state index contributed by atoms with van der Waals surface area (Å²) >= 11 is 1.63. The third-order valence-electron chi connectivity index (χ3n) is 5.31. The van der Waals surface area contributed by atoms with Gasteiger partial charge >= 0.3 is 0 Å². The summed E-state index contributed by atoms with van der Waals surface area (Å²) < 4.78 is 32.2. The second-order valence-corrected chi connectivity index (χ2v) is 10.6. The predicted octanol–water partition coefficient (Wildman–Crippen LogP) is 4.57. The molecule has 1 fully saturated rings. The van der Waals surface area contributed by atoms with E-state index in [0.717, 1.165) is 22.0 Å². The van der Waals surface area contributed by atoms with Gasteiger partial charge in [0, 0.05) is 29.7 Å². The average molecular weight is 458 g/mol. The predicted molar refractivity (Wildman–Crippen MR) is 125 cm³/mol. The molecule has 2 heterocycles. The van der Waals surface area contributed by atoms with Gasteiger partial charge in [-0.1, -0.05) is 38.1 Å². The summed E-state index contributed by atoms with van der Waals surface area (Å²) in [6.07, 6.45) is 0. The van der Waals surface area contributed by atoms with Crippen LogP contribution in [0.4, 0.5) is 5.69 Å². The molecule has 6 nitrogen and oxygen atoms in total. The molecule has 8 heteroatoms. The van der Waals surface area contributed by atoms with Gasteiger partial charge in [0.25, 0.3) is 0 Å². The molecule has 0 radical (unpaired) electrons. The summed E-state index contributed by atoms with van der Waals surface area (Å²) in [4.78, 5) is 5.04. The highest BCUT2D eigenvalue weighted by Gasteiger charge is 2.26. The van der Waals surface area contributed by atoms with Crippen LogP contribution in [0.25, 0.3) is 10.6 Å². The monoisotopic (exact) mass is 457 g/mol. The molecule has 1 aromatic heterocycles. The summed E-state index contributed by atoms with van der Waals surface area (Å²) in [6.45, 7) is 6.63. The fraction of sp³-hybridized carbons (Fsp3) is 0.348. The van der Waals surface area contributed by atoms with Crippen LogP contribution in [0.3, 0.4) is 0 Å². The molecular formula is C23H27N3O3S2. The zero-order chi connectivity index (χ0) is 21.8. The molecule has 0 amide bonds. The summed E-state index contributed by atoms with van der Waals surface area (Å²) in [7, 11) is -3.47. The third-order valence-corrected chi connectivity index (χ3v) is 8.16. The minimum absolute atomic E-state index is 0.306. The van der Waals surface area contributed by atoms with Crippen molar-refractivity contribution in [2.75, 3.05) is 31.6 Å². The SMILES string of the molecule is CC(C)c1ccc(-c2nc(CNc3ccc(S(=O)(=O)N4CCOCC4)cc3)cs2)cc1. The second kappa shape index (κ2) is 9.48. The number of rotatable bonds is 7. The summed E-state index contributed by atoms with van der Waals surface area (Å²) in [5, 5.41) is 6.37. The standard InChI is InChI=1S/C23H27N3O3S2/c1-17(2)18-3-5-19(6-4-18)23-25-21(16-30-23)15-24-20-7-9-22(10-8-20)31(27,28)26-11-13-29-14-12-26/h3-10,16-17,24H,11-15H2,1-2H3. The van der Waals surface area contributed by atoms with Crippen LogP contribution in [-0.4, -0.2) is 44.0 Å². The van der Waals surface area contributed by atoms with Gasteiger partial charge in [0.15, 0.2) is 0 Å². The van der Waals surface area contributed by atoms with Crippen LogP contribution >= 0.6 is 11.3 Å². The second-order valence-electron chi connectivity index (χ2n) is 7.82. The Morgan fingerprint density at radius 3 is 2.39 bits per heavy atom. The molecule has 0 saturated carbocycles. The first-order valence-electron chi connectivity index (χ1n) is 10.4. The van der Waals surface area contributed by atoms with Crippen molar-refractivity contribution < 1.29 is 13.2 Å². The first kappa shape index (κ1) is 22.0. The number of hydrogen-bond acceptors (Lipinski definition) is 6. The van der Waals surface area contributed by atoms with Crippen molar-refractivity contribution in [3.05, 3.63) is 65.2 Å². The Kier molecular flexibility index (Phi) is 6.71. The normalized spacial score (nSPS) is 15.3. The Morgan fingerprint density at radius 1 is 1.06 bits per heavy atom. The quantitative estimate of drug-likeness (QED) is 0.563. The number of hydrogen-bond donors (Lipinski definition) is 1. The Labute approximate surface area is 188 Å². The van der Waals surface area contributed by atoms with Crippen molar-refractivity contribution in [1.82, 2.24) is 9.29 Å². The number of ether oxygens (including phenoxy) is 1. The van der Waals surface area contributed by atoms with Crippen molar-refractivity contribution in [1.29, 1.82) is 0 Å². The molecule has 0 spiro atoms. The van der Waals surface area contributed by atoms with Crippen molar-refractivity contribution in [3.63, 3.8) is 0 Å². The highest BCUT2D eigenvalue weighted by molar-refractivity contribution is 7.89. The molecular weight excluding hydrogens is 430 g/mol. The number of anilines is 1. The van der Waals surface area contributed by atoms with E-state index in [1.807, 2.05) is 0 Å². The van der Waals surface area contributed by atoms with E-state index in [2.05, 4.69) is 48.8 Å². The molecule has 1 N–H and O–H groups in total. The Balaban J connectivity index is 1.37. The molecule has 1 saturated heterocycles. The van der Waals surface area contributed by atoms with Gasteiger partial charge in [0.1, 0.15) is 5.01 Å². The number of aromatic nitrogens is 1. The maximum absolute atomic E-state index is 12.7.